The minimum Gasteiger partial charge on any atom is -0.466 e. The lowest BCUT2D eigenvalue weighted by Crippen LogP contribution is -2.29. The van der Waals surface area contributed by atoms with Crippen LogP contribution in [-0.4, -0.2) is 33.0 Å². The van der Waals surface area contributed by atoms with Crippen LogP contribution in [0.1, 0.15) is 19.3 Å². The van der Waals surface area contributed by atoms with Gasteiger partial charge in [0.05, 0.1) is 17.9 Å². The lowest BCUT2D eigenvalue weighted by atomic mass is 9.99. The van der Waals surface area contributed by atoms with E-state index >= 15 is 0 Å². The van der Waals surface area contributed by atoms with Gasteiger partial charge in [0.15, 0.2) is 9.84 Å². The van der Waals surface area contributed by atoms with E-state index in [2.05, 4.69) is 4.74 Å². The largest absolute Gasteiger partial charge is 0.466 e. The zero-order chi connectivity index (χ0) is 10.8. The Kier molecular flexibility index (Phi) is 3.31. The standard InChI is InChI=1S/C9H14O4S/c1-13-9(10)7-5-3-4-6-8(7)14(2,11)12/h5,8H,3-4,6H2,1-2H3. The molecule has 0 bridgehead atoms. The summed E-state index contributed by atoms with van der Waals surface area (Å²) in [4.78, 5) is 11.3. The molecule has 1 aliphatic carbocycles. The van der Waals surface area contributed by atoms with E-state index in [1.165, 1.54) is 7.11 Å². The number of rotatable bonds is 2. The van der Waals surface area contributed by atoms with Gasteiger partial charge in [-0.25, -0.2) is 13.2 Å². The topological polar surface area (TPSA) is 60.4 Å². The normalized spacial score (nSPS) is 22.7. The van der Waals surface area contributed by atoms with Crippen molar-refractivity contribution >= 4 is 15.8 Å². The fraction of sp³-hybridized carbons (Fsp3) is 0.667. The number of hydrogen-bond donors (Lipinski definition) is 0. The van der Waals surface area contributed by atoms with Crippen molar-refractivity contribution in [3.05, 3.63) is 11.6 Å². The second-order valence-electron chi connectivity index (χ2n) is 3.40. The molecule has 5 heteroatoms. The maximum atomic E-state index is 11.4. The van der Waals surface area contributed by atoms with Gasteiger partial charge in [-0.3, -0.25) is 0 Å². The number of ether oxygens (including phenoxy) is 1. The number of carbonyl (C=O) groups is 1. The van der Waals surface area contributed by atoms with Crippen LogP contribution in [0.2, 0.25) is 0 Å². The molecule has 0 N–H and O–H groups in total. The predicted molar refractivity (Wildman–Crippen MR) is 52.6 cm³/mol. The Morgan fingerprint density at radius 3 is 2.71 bits per heavy atom. The van der Waals surface area contributed by atoms with Crippen molar-refractivity contribution in [1.29, 1.82) is 0 Å². The van der Waals surface area contributed by atoms with Crippen LogP contribution in [0.25, 0.3) is 0 Å². The second kappa shape index (κ2) is 4.13. The Labute approximate surface area is 83.9 Å². The van der Waals surface area contributed by atoms with E-state index in [1.807, 2.05) is 0 Å². The quantitative estimate of drug-likeness (QED) is 0.639. The Balaban J connectivity index is 3.01. The highest BCUT2D eigenvalue weighted by Crippen LogP contribution is 2.24. The number of esters is 1. The van der Waals surface area contributed by atoms with Crippen LogP contribution in [0.3, 0.4) is 0 Å². The van der Waals surface area contributed by atoms with Gasteiger partial charge >= 0.3 is 5.97 Å². The number of allylic oxidation sites excluding steroid dienone is 1. The Morgan fingerprint density at radius 2 is 2.21 bits per heavy atom. The maximum absolute atomic E-state index is 11.4. The first-order valence-corrected chi connectivity index (χ1v) is 6.39. The average Bonchev–Trinajstić information content (AvgIpc) is 2.15. The zero-order valence-corrected chi connectivity index (χ0v) is 9.13. The molecule has 0 fully saturated rings. The molecule has 1 rings (SSSR count). The van der Waals surface area contributed by atoms with E-state index in [-0.39, 0.29) is 0 Å². The lowest BCUT2D eigenvalue weighted by molar-refractivity contribution is -0.136. The molecular weight excluding hydrogens is 204 g/mol. The van der Waals surface area contributed by atoms with Crippen LogP contribution in [0.5, 0.6) is 0 Å². The highest BCUT2D eigenvalue weighted by atomic mass is 32.2. The van der Waals surface area contributed by atoms with Crippen LogP contribution < -0.4 is 0 Å². The zero-order valence-electron chi connectivity index (χ0n) is 8.32. The fourth-order valence-corrected chi connectivity index (χ4v) is 2.87. The molecule has 80 valence electrons. The molecule has 14 heavy (non-hydrogen) atoms. The molecule has 0 saturated carbocycles. The molecule has 1 unspecified atom stereocenters. The third-order valence-corrected chi connectivity index (χ3v) is 3.84. The van der Waals surface area contributed by atoms with Gasteiger partial charge in [-0.1, -0.05) is 6.08 Å². The smallest absolute Gasteiger partial charge is 0.334 e. The van der Waals surface area contributed by atoms with Gasteiger partial charge in [0.1, 0.15) is 0 Å². The Morgan fingerprint density at radius 1 is 1.57 bits per heavy atom. The van der Waals surface area contributed by atoms with E-state index in [4.69, 9.17) is 0 Å². The molecule has 1 atom stereocenters. The monoisotopic (exact) mass is 218 g/mol. The van der Waals surface area contributed by atoms with E-state index in [9.17, 15) is 13.2 Å². The van der Waals surface area contributed by atoms with Gasteiger partial charge in [-0.15, -0.1) is 0 Å². The third kappa shape index (κ3) is 2.35. The van der Waals surface area contributed by atoms with Gasteiger partial charge in [0.25, 0.3) is 0 Å². The first-order chi connectivity index (χ1) is 6.46. The van der Waals surface area contributed by atoms with Crippen molar-refractivity contribution < 1.29 is 17.9 Å². The van der Waals surface area contributed by atoms with Gasteiger partial charge in [-0.05, 0) is 19.3 Å². The predicted octanol–water partition coefficient (Wildman–Crippen LogP) is 0.683. The number of carbonyl (C=O) groups excluding carboxylic acids is 1. The minimum atomic E-state index is -3.20. The summed E-state index contributed by atoms with van der Waals surface area (Å²) in [6.07, 6.45) is 4.88. The first-order valence-electron chi connectivity index (χ1n) is 4.44. The molecule has 0 spiro atoms. The molecule has 0 aromatic carbocycles. The van der Waals surface area contributed by atoms with Crippen LogP contribution in [0, 0.1) is 0 Å². The number of sulfone groups is 1. The molecule has 0 radical (unpaired) electrons. The van der Waals surface area contributed by atoms with Gasteiger partial charge in [0, 0.05) is 6.26 Å². The first kappa shape index (κ1) is 11.2. The van der Waals surface area contributed by atoms with Crippen molar-refractivity contribution in [3.63, 3.8) is 0 Å². The molecule has 0 saturated heterocycles. The molecule has 4 nitrogen and oxygen atoms in total. The summed E-state index contributed by atoms with van der Waals surface area (Å²) < 4.78 is 27.3. The SMILES string of the molecule is COC(=O)C1=CCCCC1S(C)(=O)=O. The summed E-state index contributed by atoms with van der Waals surface area (Å²) >= 11 is 0. The maximum Gasteiger partial charge on any atom is 0.334 e. The van der Waals surface area contributed by atoms with Gasteiger partial charge < -0.3 is 4.74 Å². The second-order valence-corrected chi connectivity index (χ2v) is 5.63. The average molecular weight is 218 g/mol. The minimum absolute atomic E-state index is 0.293. The van der Waals surface area contributed by atoms with E-state index in [0.29, 0.717) is 12.0 Å². The van der Waals surface area contributed by atoms with Crippen LogP contribution in [-0.2, 0) is 19.4 Å². The summed E-state index contributed by atoms with van der Waals surface area (Å²) in [5.74, 6) is -0.528. The van der Waals surface area contributed by atoms with E-state index in [1.54, 1.807) is 6.08 Å². The fourth-order valence-electron chi connectivity index (χ4n) is 1.63. The van der Waals surface area contributed by atoms with Crippen molar-refractivity contribution in [2.75, 3.05) is 13.4 Å². The molecule has 1 aliphatic rings. The highest BCUT2D eigenvalue weighted by molar-refractivity contribution is 7.91. The van der Waals surface area contributed by atoms with Crippen LogP contribution >= 0.6 is 0 Å². The third-order valence-electron chi connectivity index (χ3n) is 2.32. The van der Waals surface area contributed by atoms with Crippen LogP contribution in [0.4, 0.5) is 0 Å². The summed E-state index contributed by atoms with van der Waals surface area (Å²) in [5.41, 5.74) is 0.293. The summed E-state index contributed by atoms with van der Waals surface area (Å²) in [7, 11) is -1.94. The molecule has 0 aromatic rings. The van der Waals surface area contributed by atoms with Crippen molar-refractivity contribution in [2.24, 2.45) is 0 Å². The Hall–Kier alpha value is -0.840. The van der Waals surface area contributed by atoms with E-state index < -0.39 is 21.1 Å². The van der Waals surface area contributed by atoms with Crippen molar-refractivity contribution in [1.82, 2.24) is 0 Å². The van der Waals surface area contributed by atoms with Gasteiger partial charge in [0.2, 0.25) is 0 Å². The van der Waals surface area contributed by atoms with Crippen molar-refractivity contribution in [3.8, 4) is 0 Å². The summed E-state index contributed by atoms with van der Waals surface area (Å²) in [5, 5.41) is -0.677. The lowest BCUT2D eigenvalue weighted by Gasteiger charge is -2.20. The molecule has 0 heterocycles. The molecule has 0 aromatic heterocycles. The number of hydrogen-bond acceptors (Lipinski definition) is 4. The summed E-state index contributed by atoms with van der Waals surface area (Å²) in [6, 6.07) is 0. The highest BCUT2D eigenvalue weighted by Gasteiger charge is 2.31. The number of methoxy groups -OCH3 is 1. The Bertz CT molecular complexity index is 353. The summed E-state index contributed by atoms with van der Waals surface area (Å²) in [6.45, 7) is 0. The van der Waals surface area contributed by atoms with Gasteiger partial charge in [-0.2, -0.15) is 0 Å². The van der Waals surface area contributed by atoms with Crippen LogP contribution in [0.15, 0.2) is 11.6 Å². The van der Waals surface area contributed by atoms with Crippen molar-refractivity contribution in [2.45, 2.75) is 24.5 Å². The molecule has 0 aliphatic heterocycles. The molecular formula is C9H14O4S. The van der Waals surface area contributed by atoms with E-state index in [0.717, 1.165) is 19.1 Å². The molecule has 0 amide bonds.